The van der Waals surface area contributed by atoms with Crippen LogP contribution in [0.25, 0.3) is 0 Å². The van der Waals surface area contributed by atoms with Gasteiger partial charge in [-0.05, 0) is 70.6 Å². The highest BCUT2D eigenvalue weighted by molar-refractivity contribution is 5.89. The second kappa shape index (κ2) is 6.58. The Balaban J connectivity index is 1.29. The standard InChI is InChI=1S/C28H38O7/c1-14-10-20(34-23(30)15(14)2)19-13-33-28(32)12-18-16(17-7-9-26(19,31)25(17,28)4)11-22-27(35-22)8-5-6-21(29)24(18,27)3/h16-20,22,31-32H,5-13H2,1-4H3/t16-,17-,18-,19+,20+,22+,24-,25-,26-,27+,28-/m0/s1. The summed E-state index contributed by atoms with van der Waals surface area (Å²) < 4.78 is 18.6. The first-order valence-corrected chi connectivity index (χ1v) is 13.6. The van der Waals surface area contributed by atoms with Crippen molar-refractivity contribution in [2.45, 2.75) is 108 Å². The van der Waals surface area contributed by atoms with Gasteiger partial charge in [-0.25, -0.2) is 4.79 Å². The Hall–Kier alpha value is -1.28. The van der Waals surface area contributed by atoms with Crippen molar-refractivity contribution in [3.8, 4) is 0 Å². The summed E-state index contributed by atoms with van der Waals surface area (Å²) in [6.07, 6.45) is 5.06. The smallest absolute Gasteiger partial charge is 0.333 e. The number of cyclic esters (lactones) is 1. The summed E-state index contributed by atoms with van der Waals surface area (Å²) in [5.41, 5.74) is -1.51. The van der Waals surface area contributed by atoms with Gasteiger partial charge in [0.1, 0.15) is 17.5 Å². The van der Waals surface area contributed by atoms with E-state index in [2.05, 4.69) is 6.92 Å². The zero-order valence-electron chi connectivity index (χ0n) is 21.3. The van der Waals surface area contributed by atoms with Crippen molar-refractivity contribution in [1.29, 1.82) is 0 Å². The number of carbonyl (C=O) groups excluding carboxylic acids is 2. The highest BCUT2D eigenvalue weighted by Gasteiger charge is 2.83. The van der Waals surface area contributed by atoms with Crippen molar-refractivity contribution in [2.24, 2.45) is 34.5 Å². The number of hydrogen-bond acceptors (Lipinski definition) is 7. The Morgan fingerprint density at radius 3 is 2.54 bits per heavy atom. The summed E-state index contributed by atoms with van der Waals surface area (Å²) in [6, 6.07) is 0. The Labute approximate surface area is 206 Å². The maximum Gasteiger partial charge on any atom is 0.333 e. The van der Waals surface area contributed by atoms with Gasteiger partial charge in [0.05, 0.1) is 29.1 Å². The van der Waals surface area contributed by atoms with Crippen LogP contribution < -0.4 is 0 Å². The molecule has 7 heteroatoms. The van der Waals surface area contributed by atoms with Crippen LogP contribution in [-0.4, -0.2) is 57.8 Å². The number of epoxide rings is 1. The molecule has 3 aliphatic heterocycles. The van der Waals surface area contributed by atoms with Crippen LogP contribution in [0.2, 0.25) is 0 Å². The van der Waals surface area contributed by atoms with E-state index in [9.17, 15) is 19.8 Å². The van der Waals surface area contributed by atoms with Crippen LogP contribution in [0.3, 0.4) is 0 Å². The molecule has 1 spiro atoms. The summed E-state index contributed by atoms with van der Waals surface area (Å²) in [6.45, 7) is 7.94. The zero-order chi connectivity index (χ0) is 24.8. The van der Waals surface area contributed by atoms with Crippen LogP contribution in [0.1, 0.15) is 79.1 Å². The molecule has 3 heterocycles. The third-order valence-electron chi connectivity index (χ3n) is 12.5. The molecule has 7 rings (SSSR count). The normalized spacial score (nSPS) is 58.7. The van der Waals surface area contributed by atoms with Crippen LogP contribution in [0.5, 0.6) is 0 Å². The van der Waals surface area contributed by atoms with E-state index >= 15 is 0 Å². The topological polar surface area (TPSA) is 106 Å². The quantitative estimate of drug-likeness (QED) is 0.433. The molecule has 0 bridgehead atoms. The molecule has 7 aliphatic rings. The maximum absolute atomic E-state index is 13.5. The van der Waals surface area contributed by atoms with E-state index in [1.165, 1.54) is 0 Å². The molecule has 0 aromatic rings. The molecule has 35 heavy (non-hydrogen) atoms. The number of ether oxygens (including phenoxy) is 3. The van der Waals surface area contributed by atoms with Gasteiger partial charge in [0.2, 0.25) is 0 Å². The van der Waals surface area contributed by atoms with Gasteiger partial charge in [-0.1, -0.05) is 12.5 Å². The molecule has 11 atom stereocenters. The minimum Gasteiger partial charge on any atom is -0.458 e. The van der Waals surface area contributed by atoms with Crippen molar-refractivity contribution in [3.05, 3.63) is 11.1 Å². The zero-order valence-corrected chi connectivity index (χ0v) is 21.3. The molecule has 2 N–H and O–H groups in total. The summed E-state index contributed by atoms with van der Waals surface area (Å²) >= 11 is 0. The molecule has 4 saturated carbocycles. The highest BCUT2D eigenvalue weighted by atomic mass is 16.6. The third kappa shape index (κ3) is 2.35. The molecule has 6 fully saturated rings. The van der Waals surface area contributed by atoms with Gasteiger partial charge in [0, 0.05) is 30.8 Å². The van der Waals surface area contributed by atoms with Crippen molar-refractivity contribution in [2.75, 3.05) is 6.61 Å². The average Bonchev–Trinajstić information content (AvgIpc) is 3.43. The lowest BCUT2D eigenvalue weighted by atomic mass is 9.41. The third-order valence-corrected chi connectivity index (χ3v) is 12.5. The minimum absolute atomic E-state index is 0.00506. The fraction of sp³-hybridized carbons (Fsp3) is 0.857. The van der Waals surface area contributed by atoms with Gasteiger partial charge < -0.3 is 24.4 Å². The van der Waals surface area contributed by atoms with Crippen molar-refractivity contribution >= 4 is 11.8 Å². The molecule has 7 nitrogen and oxygen atoms in total. The van der Waals surface area contributed by atoms with Crippen molar-refractivity contribution in [1.82, 2.24) is 0 Å². The van der Waals surface area contributed by atoms with E-state index in [1.807, 2.05) is 13.8 Å². The second-order valence-corrected chi connectivity index (χ2v) is 13.2. The lowest BCUT2D eigenvalue weighted by Crippen LogP contribution is -2.75. The van der Waals surface area contributed by atoms with Crippen LogP contribution in [0.15, 0.2) is 11.1 Å². The second-order valence-electron chi connectivity index (χ2n) is 13.2. The summed E-state index contributed by atoms with van der Waals surface area (Å²) in [4.78, 5) is 26.0. The fourth-order valence-corrected chi connectivity index (χ4v) is 10.3. The molecule has 2 saturated heterocycles. The Morgan fingerprint density at radius 1 is 1.03 bits per heavy atom. The van der Waals surface area contributed by atoms with E-state index in [0.29, 0.717) is 31.3 Å². The first-order chi connectivity index (χ1) is 16.4. The molecule has 192 valence electrons. The van der Waals surface area contributed by atoms with Crippen LogP contribution in [0, 0.1) is 34.5 Å². The molecule has 0 radical (unpaired) electrons. The Kier molecular flexibility index (Phi) is 4.30. The predicted molar refractivity (Wildman–Crippen MR) is 124 cm³/mol. The lowest BCUT2D eigenvalue weighted by Gasteiger charge is -2.67. The molecule has 0 amide bonds. The number of aliphatic hydroxyl groups is 2. The van der Waals surface area contributed by atoms with Crippen LogP contribution in [-0.2, 0) is 23.8 Å². The largest absolute Gasteiger partial charge is 0.458 e. The summed E-state index contributed by atoms with van der Waals surface area (Å²) in [5, 5.41) is 24.7. The van der Waals surface area contributed by atoms with E-state index in [4.69, 9.17) is 14.2 Å². The summed E-state index contributed by atoms with van der Waals surface area (Å²) in [7, 11) is 0. The van der Waals surface area contributed by atoms with Crippen LogP contribution in [0.4, 0.5) is 0 Å². The summed E-state index contributed by atoms with van der Waals surface area (Å²) in [5.74, 6) is -1.85. The van der Waals surface area contributed by atoms with Gasteiger partial charge in [-0.2, -0.15) is 0 Å². The first kappa shape index (κ1) is 22.9. The van der Waals surface area contributed by atoms with Gasteiger partial charge >= 0.3 is 5.97 Å². The molecular formula is C28H38O7. The molecular weight excluding hydrogens is 448 g/mol. The SMILES string of the molecule is CC1=C(C)C(=O)O[C@@H]([C@H]2CO[C@@]3(O)C[C@H]4[C@@H](C[C@H]5O[C@]56CCCC(=O)[C@]46C)[C@@H]4CC[C@@]2(O)[C@]43C)C1. The Morgan fingerprint density at radius 2 is 1.80 bits per heavy atom. The lowest BCUT2D eigenvalue weighted by molar-refractivity contribution is -0.397. The molecule has 0 aromatic heterocycles. The number of hydrogen-bond donors (Lipinski definition) is 2. The van der Waals surface area contributed by atoms with Gasteiger partial charge in [0.15, 0.2) is 5.79 Å². The van der Waals surface area contributed by atoms with E-state index in [-0.39, 0.29) is 47.8 Å². The predicted octanol–water partition coefficient (Wildman–Crippen LogP) is 3.06. The fourth-order valence-electron chi connectivity index (χ4n) is 10.3. The molecule has 4 aliphatic carbocycles. The highest BCUT2D eigenvalue weighted by Crippen LogP contribution is 2.77. The van der Waals surface area contributed by atoms with E-state index < -0.39 is 34.2 Å². The average molecular weight is 487 g/mol. The molecule has 0 aromatic carbocycles. The maximum atomic E-state index is 13.5. The number of esters is 1. The van der Waals surface area contributed by atoms with Crippen molar-refractivity contribution < 1.29 is 34.0 Å². The van der Waals surface area contributed by atoms with Gasteiger partial charge in [-0.15, -0.1) is 0 Å². The van der Waals surface area contributed by atoms with Gasteiger partial charge in [0.25, 0.3) is 0 Å². The van der Waals surface area contributed by atoms with Crippen LogP contribution >= 0.6 is 0 Å². The first-order valence-electron chi connectivity index (χ1n) is 13.6. The van der Waals surface area contributed by atoms with E-state index in [0.717, 1.165) is 31.3 Å². The number of fused-ring (bicyclic) bond motifs is 3. The van der Waals surface area contributed by atoms with Gasteiger partial charge in [-0.3, -0.25) is 4.79 Å². The Bertz CT molecular complexity index is 1070. The number of rotatable bonds is 1. The number of ketones is 1. The monoisotopic (exact) mass is 486 g/mol. The number of Topliss-reactive ketones (excluding diaryl/α,β-unsaturated/α-hetero) is 1. The van der Waals surface area contributed by atoms with Crippen molar-refractivity contribution in [3.63, 3.8) is 0 Å². The number of carbonyl (C=O) groups is 2. The minimum atomic E-state index is -1.54. The van der Waals surface area contributed by atoms with E-state index in [1.54, 1.807) is 6.92 Å². The molecule has 0 unspecified atom stereocenters.